The topological polar surface area (TPSA) is 55.1 Å². The van der Waals surface area contributed by atoms with Gasteiger partial charge in [0.25, 0.3) is 0 Å². The van der Waals surface area contributed by atoms with Gasteiger partial charge in [0, 0.05) is 31.2 Å². The highest BCUT2D eigenvalue weighted by atomic mass is 32.1. The van der Waals surface area contributed by atoms with Crippen molar-refractivity contribution in [1.82, 2.24) is 24.6 Å². The highest BCUT2D eigenvalue weighted by molar-refractivity contribution is 7.71. The molecule has 1 aromatic heterocycles. The third-order valence-electron chi connectivity index (χ3n) is 5.14. The first-order chi connectivity index (χ1) is 13.2. The zero-order valence-corrected chi connectivity index (χ0v) is 16.8. The minimum atomic E-state index is 0.137. The quantitative estimate of drug-likeness (QED) is 0.557. The zero-order chi connectivity index (χ0) is 19.1. The van der Waals surface area contributed by atoms with Crippen molar-refractivity contribution in [3.05, 3.63) is 41.4 Å². The SMILES string of the molecule is CCCCCNC(=O)C1CCN(Cn2ncn(-c3ccccc3)c2=S)CC1. The maximum atomic E-state index is 12.3. The average Bonchev–Trinajstić information content (AvgIpc) is 3.06. The number of likely N-dealkylation sites (tertiary alicyclic amines) is 1. The van der Waals surface area contributed by atoms with Crippen molar-refractivity contribution in [2.24, 2.45) is 5.92 Å². The Bertz CT molecular complexity index is 777. The summed E-state index contributed by atoms with van der Waals surface area (Å²) in [6, 6.07) is 10.0. The molecule has 0 spiro atoms. The highest BCUT2D eigenvalue weighted by Gasteiger charge is 2.25. The number of rotatable bonds is 8. The number of piperidine rings is 1. The average molecular weight is 388 g/mol. The lowest BCUT2D eigenvalue weighted by molar-refractivity contribution is -0.126. The van der Waals surface area contributed by atoms with Crippen LogP contribution in [0.15, 0.2) is 36.7 Å². The van der Waals surface area contributed by atoms with Crippen LogP contribution in [0.1, 0.15) is 39.0 Å². The van der Waals surface area contributed by atoms with Crippen molar-refractivity contribution in [1.29, 1.82) is 0 Å². The molecule has 2 heterocycles. The summed E-state index contributed by atoms with van der Waals surface area (Å²) in [5, 5.41) is 7.54. The maximum Gasteiger partial charge on any atom is 0.223 e. The Morgan fingerprint density at radius 1 is 1.22 bits per heavy atom. The van der Waals surface area contributed by atoms with E-state index >= 15 is 0 Å². The Kier molecular flexibility index (Phi) is 7.18. The number of unbranched alkanes of at least 4 members (excludes halogenated alkanes) is 2. The molecule has 7 heteroatoms. The molecule has 1 fully saturated rings. The molecule has 0 saturated carbocycles. The second-order valence-electron chi connectivity index (χ2n) is 7.15. The van der Waals surface area contributed by atoms with Gasteiger partial charge in [-0.15, -0.1) is 0 Å². The molecule has 146 valence electrons. The number of benzene rings is 1. The van der Waals surface area contributed by atoms with Crippen molar-refractivity contribution in [2.75, 3.05) is 19.6 Å². The van der Waals surface area contributed by atoms with Gasteiger partial charge < -0.3 is 5.32 Å². The molecule has 0 radical (unpaired) electrons. The first-order valence-corrected chi connectivity index (χ1v) is 10.3. The fourth-order valence-corrected chi connectivity index (χ4v) is 3.71. The summed E-state index contributed by atoms with van der Waals surface area (Å²) >= 11 is 5.58. The van der Waals surface area contributed by atoms with Crippen LogP contribution in [0, 0.1) is 10.7 Å². The molecule has 1 N–H and O–H groups in total. The maximum absolute atomic E-state index is 12.3. The van der Waals surface area contributed by atoms with Crippen molar-refractivity contribution in [3.8, 4) is 5.69 Å². The van der Waals surface area contributed by atoms with Gasteiger partial charge in [-0.2, -0.15) is 5.10 Å². The Balaban J connectivity index is 1.49. The van der Waals surface area contributed by atoms with E-state index in [4.69, 9.17) is 12.2 Å². The third-order valence-corrected chi connectivity index (χ3v) is 5.55. The van der Waals surface area contributed by atoms with Gasteiger partial charge in [-0.1, -0.05) is 38.0 Å². The van der Waals surface area contributed by atoms with Crippen LogP contribution >= 0.6 is 12.2 Å². The fourth-order valence-electron chi connectivity index (χ4n) is 3.46. The molecule has 0 unspecified atom stereocenters. The number of carbonyl (C=O) groups excluding carboxylic acids is 1. The molecule has 1 aromatic carbocycles. The Morgan fingerprint density at radius 3 is 2.67 bits per heavy atom. The number of hydrogen-bond donors (Lipinski definition) is 1. The van der Waals surface area contributed by atoms with Gasteiger partial charge >= 0.3 is 0 Å². The molecule has 1 amide bonds. The number of nitrogens with zero attached hydrogens (tertiary/aromatic N) is 4. The van der Waals surface area contributed by atoms with Crippen molar-refractivity contribution in [2.45, 2.75) is 45.7 Å². The van der Waals surface area contributed by atoms with Crippen LogP contribution in [0.25, 0.3) is 5.69 Å². The van der Waals surface area contributed by atoms with Crippen molar-refractivity contribution >= 4 is 18.1 Å². The molecule has 27 heavy (non-hydrogen) atoms. The predicted octanol–water partition coefficient (Wildman–Crippen LogP) is 3.38. The summed E-state index contributed by atoms with van der Waals surface area (Å²) in [6.45, 7) is 5.44. The first kappa shape index (κ1) is 19.8. The molecule has 2 aromatic rings. The molecule has 6 nitrogen and oxygen atoms in total. The van der Waals surface area contributed by atoms with Crippen molar-refractivity contribution < 1.29 is 4.79 Å². The largest absolute Gasteiger partial charge is 0.356 e. The van der Waals surface area contributed by atoms with Crippen LogP contribution in [0.4, 0.5) is 0 Å². The molecule has 0 atom stereocenters. The van der Waals surface area contributed by atoms with E-state index in [-0.39, 0.29) is 11.8 Å². The lowest BCUT2D eigenvalue weighted by atomic mass is 9.96. The van der Waals surface area contributed by atoms with Gasteiger partial charge in [0.05, 0.1) is 6.67 Å². The molecular formula is C20H29N5OS. The van der Waals surface area contributed by atoms with Crippen LogP contribution in [0.3, 0.4) is 0 Å². The minimum Gasteiger partial charge on any atom is -0.356 e. The van der Waals surface area contributed by atoms with Gasteiger partial charge in [0.15, 0.2) is 0 Å². The number of aromatic nitrogens is 3. The van der Waals surface area contributed by atoms with Crippen LogP contribution in [-0.4, -0.2) is 44.8 Å². The van der Waals surface area contributed by atoms with E-state index in [2.05, 4.69) is 22.2 Å². The van der Waals surface area contributed by atoms with Crippen LogP contribution in [0.2, 0.25) is 0 Å². The minimum absolute atomic E-state index is 0.137. The Labute approximate surface area is 166 Å². The van der Waals surface area contributed by atoms with E-state index in [0.29, 0.717) is 11.4 Å². The third kappa shape index (κ3) is 5.26. The summed E-state index contributed by atoms with van der Waals surface area (Å²) in [7, 11) is 0. The molecule has 1 aliphatic rings. The Morgan fingerprint density at radius 2 is 1.96 bits per heavy atom. The van der Waals surface area contributed by atoms with E-state index in [9.17, 15) is 4.79 Å². The van der Waals surface area contributed by atoms with Gasteiger partial charge in [-0.05, 0) is 43.6 Å². The van der Waals surface area contributed by atoms with E-state index in [1.165, 1.54) is 12.8 Å². The smallest absolute Gasteiger partial charge is 0.223 e. The monoisotopic (exact) mass is 387 g/mol. The fraction of sp³-hybridized carbons (Fsp3) is 0.550. The van der Waals surface area contributed by atoms with E-state index in [0.717, 1.165) is 44.6 Å². The van der Waals surface area contributed by atoms with Crippen LogP contribution < -0.4 is 5.32 Å². The summed E-state index contributed by atoms with van der Waals surface area (Å²) in [6.07, 6.45) is 6.99. The lowest BCUT2D eigenvalue weighted by Crippen LogP contribution is -2.41. The summed E-state index contributed by atoms with van der Waals surface area (Å²) in [4.78, 5) is 14.6. The normalized spacial score (nSPS) is 15.7. The van der Waals surface area contributed by atoms with Gasteiger partial charge in [-0.3, -0.25) is 14.3 Å². The number of hydrogen-bond acceptors (Lipinski definition) is 4. The summed E-state index contributed by atoms with van der Waals surface area (Å²) in [5.74, 6) is 0.355. The van der Waals surface area contributed by atoms with Gasteiger partial charge in [0.2, 0.25) is 10.7 Å². The zero-order valence-electron chi connectivity index (χ0n) is 16.0. The molecule has 0 aliphatic carbocycles. The second kappa shape index (κ2) is 9.80. The predicted molar refractivity (Wildman–Crippen MR) is 109 cm³/mol. The lowest BCUT2D eigenvalue weighted by Gasteiger charge is -2.30. The van der Waals surface area contributed by atoms with Gasteiger partial charge in [0.1, 0.15) is 6.33 Å². The van der Waals surface area contributed by atoms with Crippen LogP contribution in [0.5, 0.6) is 0 Å². The number of para-hydroxylation sites is 1. The number of amides is 1. The standard InChI is InChI=1S/C20H29N5OS/c1-2-3-7-12-21-19(26)17-10-13-23(14-11-17)16-25-20(27)24(15-22-25)18-8-5-4-6-9-18/h4-6,8-9,15,17H,2-3,7,10-14,16H2,1H3,(H,21,26). The van der Waals surface area contributed by atoms with Gasteiger partial charge in [-0.25, -0.2) is 4.68 Å². The molecule has 1 saturated heterocycles. The van der Waals surface area contributed by atoms with Crippen LogP contribution in [-0.2, 0) is 11.5 Å². The summed E-state index contributed by atoms with van der Waals surface area (Å²) < 4.78 is 4.47. The summed E-state index contributed by atoms with van der Waals surface area (Å²) in [5.41, 5.74) is 1.02. The Hall–Kier alpha value is -1.99. The first-order valence-electron chi connectivity index (χ1n) is 9.89. The highest BCUT2D eigenvalue weighted by Crippen LogP contribution is 2.18. The van der Waals surface area contributed by atoms with Crippen molar-refractivity contribution in [3.63, 3.8) is 0 Å². The van der Waals surface area contributed by atoms with E-state index < -0.39 is 0 Å². The molecular weight excluding hydrogens is 358 g/mol. The molecule has 1 aliphatic heterocycles. The number of carbonyl (C=O) groups is 1. The number of nitrogens with one attached hydrogen (secondary N) is 1. The van der Waals surface area contributed by atoms with E-state index in [1.807, 2.05) is 39.6 Å². The second-order valence-corrected chi connectivity index (χ2v) is 7.52. The molecule has 0 bridgehead atoms. The van der Waals surface area contributed by atoms with E-state index in [1.54, 1.807) is 6.33 Å². The molecule has 3 rings (SSSR count).